The third-order valence-corrected chi connectivity index (χ3v) is 6.33. The first-order valence-electron chi connectivity index (χ1n) is 12.2. The number of nitrogens with zero attached hydrogens (tertiary/aromatic N) is 1. The second-order valence-corrected chi connectivity index (χ2v) is 9.25. The maximum atomic E-state index is 13.2. The van der Waals surface area contributed by atoms with Crippen molar-refractivity contribution in [2.45, 2.75) is 57.0 Å². The van der Waals surface area contributed by atoms with Crippen LogP contribution in [0.1, 0.15) is 54.4 Å². The summed E-state index contributed by atoms with van der Waals surface area (Å²) in [6.45, 7) is 0. The molecule has 10 heteroatoms. The van der Waals surface area contributed by atoms with Crippen molar-refractivity contribution in [2.24, 2.45) is 33.8 Å². The molecule has 2 aromatic carbocycles. The van der Waals surface area contributed by atoms with Gasteiger partial charge in [-0.3, -0.25) is 14.4 Å². The van der Waals surface area contributed by atoms with Crippen molar-refractivity contribution in [2.75, 3.05) is 5.32 Å². The molecular formula is C26H35N7O3. The van der Waals surface area contributed by atoms with Crippen LogP contribution in [0.2, 0.25) is 0 Å². The van der Waals surface area contributed by atoms with Crippen LogP contribution in [0.25, 0.3) is 0 Å². The van der Waals surface area contributed by atoms with Gasteiger partial charge in [-0.15, -0.1) is 0 Å². The van der Waals surface area contributed by atoms with Gasteiger partial charge in [0.1, 0.15) is 6.04 Å². The Kier molecular flexibility index (Phi) is 9.40. The number of carbonyl (C=O) groups is 3. The fourth-order valence-corrected chi connectivity index (χ4v) is 4.45. The highest BCUT2D eigenvalue weighted by Gasteiger charge is 2.28. The molecule has 3 rings (SSSR count). The van der Waals surface area contributed by atoms with Gasteiger partial charge in [0.15, 0.2) is 5.96 Å². The van der Waals surface area contributed by atoms with E-state index in [0.29, 0.717) is 23.7 Å². The Bertz CT molecular complexity index is 1090. The van der Waals surface area contributed by atoms with E-state index in [0.717, 1.165) is 31.2 Å². The van der Waals surface area contributed by atoms with Crippen molar-refractivity contribution in [1.82, 2.24) is 5.32 Å². The maximum absolute atomic E-state index is 13.2. The molecule has 0 radical (unpaired) electrons. The number of anilines is 1. The number of rotatable bonds is 10. The van der Waals surface area contributed by atoms with Crippen LogP contribution >= 0.6 is 0 Å². The lowest BCUT2D eigenvalue weighted by molar-refractivity contribution is -0.127. The molecule has 1 aliphatic carbocycles. The fraction of sp³-hybridized carbons (Fsp3) is 0.385. The number of hydrogen-bond acceptors (Lipinski definition) is 5. The molecule has 2 atom stereocenters. The molecule has 0 unspecified atom stereocenters. The van der Waals surface area contributed by atoms with E-state index in [4.69, 9.17) is 22.9 Å². The summed E-state index contributed by atoms with van der Waals surface area (Å²) in [5, 5.41) is 5.66. The Morgan fingerprint density at radius 3 is 2.28 bits per heavy atom. The van der Waals surface area contributed by atoms with Gasteiger partial charge in [-0.2, -0.15) is 0 Å². The van der Waals surface area contributed by atoms with Gasteiger partial charge in [0.2, 0.25) is 17.7 Å². The van der Waals surface area contributed by atoms with E-state index in [1.54, 1.807) is 42.5 Å². The molecule has 0 aromatic heterocycles. The average Bonchev–Trinajstić information content (AvgIpc) is 2.85. The molecule has 1 saturated carbocycles. The number of hydrogen-bond donors (Lipinski definition) is 6. The van der Waals surface area contributed by atoms with Crippen molar-refractivity contribution in [1.29, 1.82) is 0 Å². The summed E-state index contributed by atoms with van der Waals surface area (Å²) in [5.74, 6) is -1.06. The summed E-state index contributed by atoms with van der Waals surface area (Å²) in [6, 6.07) is 11.9. The Labute approximate surface area is 210 Å². The zero-order chi connectivity index (χ0) is 26.1. The number of nitrogens with one attached hydrogen (secondary N) is 2. The molecule has 192 valence electrons. The van der Waals surface area contributed by atoms with E-state index >= 15 is 0 Å². The Balaban J connectivity index is 1.67. The number of primary amides is 1. The predicted octanol–water partition coefficient (Wildman–Crippen LogP) is 1.65. The van der Waals surface area contributed by atoms with Crippen LogP contribution in [0.3, 0.4) is 0 Å². The van der Waals surface area contributed by atoms with Gasteiger partial charge in [-0.05, 0) is 54.7 Å². The van der Waals surface area contributed by atoms with E-state index in [-0.39, 0.29) is 23.9 Å². The van der Waals surface area contributed by atoms with Crippen molar-refractivity contribution in [3.8, 4) is 0 Å². The van der Waals surface area contributed by atoms with Crippen LogP contribution in [0.4, 0.5) is 11.4 Å². The predicted molar refractivity (Wildman–Crippen MR) is 140 cm³/mol. The molecule has 0 spiro atoms. The number of guanidine groups is 1. The first-order valence-corrected chi connectivity index (χ1v) is 12.2. The number of amides is 3. The Morgan fingerprint density at radius 2 is 1.64 bits per heavy atom. The van der Waals surface area contributed by atoms with Crippen molar-refractivity contribution in [3.05, 3.63) is 59.7 Å². The van der Waals surface area contributed by atoms with Gasteiger partial charge in [0.25, 0.3) is 0 Å². The summed E-state index contributed by atoms with van der Waals surface area (Å²) < 4.78 is 0. The molecule has 2 aromatic rings. The molecule has 0 aliphatic heterocycles. The van der Waals surface area contributed by atoms with Crippen LogP contribution in [0, 0.1) is 5.92 Å². The molecule has 0 bridgehead atoms. The first kappa shape index (κ1) is 26.7. The molecule has 0 heterocycles. The smallest absolute Gasteiger partial charge is 0.248 e. The third-order valence-electron chi connectivity index (χ3n) is 6.33. The van der Waals surface area contributed by atoms with Crippen LogP contribution in [0.5, 0.6) is 0 Å². The van der Waals surface area contributed by atoms with Gasteiger partial charge in [-0.1, -0.05) is 50.3 Å². The van der Waals surface area contributed by atoms with Crippen molar-refractivity contribution in [3.63, 3.8) is 0 Å². The SMILES string of the molecule is NC(=O)c1cccc(NC(=O)[C@H](CC2CCCCC2)NC(=O)[C@@H](N)Cc2ccc(N=C(N)N)cc2)c1. The summed E-state index contributed by atoms with van der Waals surface area (Å²) in [4.78, 5) is 41.6. The Morgan fingerprint density at radius 1 is 0.944 bits per heavy atom. The minimum atomic E-state index is -0.848. The van der Waals surface area contributed by atoms with Gasteiger partial charge >= 0.3 is 0 Å². The van der Waals surface area contributed by atoms with Crippen LogP contribution < -0.4 is 33.6 Å². The molecular weight excluding hydrogens is 458 g/mol. The largest absolute Gasteiger partial charge is 0.370 e. The fourth-order valence-electron chi connectivity index (χ4n) is 4.45. The molecule has 1 aliphatic rings. The molecule has 10 nitrogen and oxygen atoms in total. The van der Waals surface area contributed by atoms with Crippen LogP contribution in [-0.4, -0.2) is 35.8 Å². The molecule has 1 fully saturated rings. The second kappa shape index (κ2) is 12.7. The monoisotopic (exact) mass is 493 g/mol. The maximum Gasteiger partial charge on any atom is 0.248 e. The van der Waals surface area contributed by atoms with E-state index in [1.807, 2.05) is 0 Å². The zero-order valence-electron chi connectivity index (χ0n) is 20.3. The zero-order valence-corrected chi connectivity index (χ0v) is 20.3. The molecule has 3 amide bonds. The third kappa shape index (κ3) is 8.09. The van der Waals surface area contributed by atoms with Crippen LogP contribution in [0.15, 0.2) is 53.5 Å². The van der Waals surface area contributed by atoms with E-state index in [1.165, 1.54) is 12.5 Å². The summed E-state index contributed by atoms with van der Waals surface area (Å²) >= 11 is 0. The minimum absolute atomic E-state index is 0.0394. The topological polar surface area (TPSA) is 192 Å². The average molecular weight is 494 g/mol. The number of aliphatic imine (C=N–C) groups is 1. The quantitative estimate of drug-likeness (QED) is 0.215. The van der Waals surface area contributed by atoms with Crippen molar-refractivity contribution >= 4 is 35.1 Å². The van der Waals surface area contributed by atoms with Gasteiger partial charge in [0, 0.05) is 11.3 Å². The lowest BCUT2D eigenvalue weighted by atomic mass is 9.84. The number of nitrogens with two attached hydrogens (primary N) is 4. The summed E-state index contributed by atoms with van der Waals surface area (Å²) in [6.07, 6.45) is 6.26. The highest BCUT2D eigenvalue weighted by Crippen LogP contribution is 2.28. The van der Waals surface area contributed by atoms with Gasteiger partial charge < -0.3 is 33.6 Å². The highest BCUT2D eigenvalue weighted by molar-refractivity contribution is 5.99. The summed E-state index contributed by atoms with van der Waals surface area (Å²) in [7, 11) is 0. The van der Waals surface area contributed by atoms with Crippen molar-refractivity contribution < 1.29 is 14.4 Å². The second-order valence-electron chi connectivity index (χ2n) is 9.25. The summed E-state index contributed by atoms with van der Waals surface area (Å²) in [5.41, 5.74) is 24.5. The minimum Gasteiger partial charge on any atom is -0.370 e. The molecule has 10 N–H and O–H groups in total. The van der Waals surface area contributed by atoms with Gasteiger partial charge in [0.05, 0.1) is 11.7 Å². The highest BCUT2D eigenvalue weighted by atomic mass is 16.2. The number of benzene rings is 2. The number of carbonyl (C=O) groups excluding carboxylic acids is 3. The van der Waals surface area contributed by atoms with E-state index in [9.17, 15) is 14.4 Å². The Hall–Kier alpha value is -3.92. The first-order chi connectivity index (χ1) is 17.2. The lowest BCUT2D eigenvalue weighted by Gasteiger charge is -2.27. The van der Waals surface area contributed by atoms with E-state index in [2.05, 4.69) is 15.6 Å². The standard InChI is InChI=1S/C26H35N7O3/c27-21(13-17-9-11-19(12-10-17)32-26(29)30)24(35)33-22(14-16-5-2-1-3-6-16)25(36)31-20-8-4-7-18(15-20)23(28)34/h4,7-12,15-16,21-22H,1-3,5-6,13-14,27H2,(H2,28,34)(H,31,36)(H,33,35)(H4,29,30,32)/t21-,22-/m0/s1. The lowest BCUT2D eigenvalue weighted by Crippen LogP contribution is -2.51. The van der Waals surface area contributed by atoms with Gasteiger partial charge in [-0.25, -0.2) is 4.99 Å². The van der Waals surface area contributed by atoms with Crippen LogP contribution in [-0.2, 0) is 16.0 Å². The van der Waals surface area contributed by atoms with E-state index < -0.39 is 23.9 Å². The molecule has 0 saturated heterocycles. The normalized spacial score (nSPS) is 15.4. The molecule has 36 heavy (non-hydrogen) atoms.